The molecule has 5 heteroatoms. The number of carbonyl (C=O) groups is 1. The summed E-state index contributed by atoms with van der Waals surface area (Å²) >= 11 is 1.76. The third-order valence-electron chi connectivity index (χ3n) is 6.57. The van der Waals surface area contributed by atoms with Gasteiger partial charge < -0.3 is 10.2 Å². The number of rotatable bonds is 3. The number of benzene rings is 2. The van der Waals surface area contributed by atoms with Crippen LogP contribution in [0.15, 0.2) is 36.4 Å². The molecule has 1 aliphatic carbocycles. The molecule has 0 spiro atoms. The van der Waals surface area contributed by atoms with Crippen LogP contribution in [0.5, 0.6) is 0 Å². The summed E-state index contributed by atoms with van der Waals surface area (Å²) in [4.78, 5) is 20.4. The SMILES string of the molecule is Cc1cc(C)c2nc(N3CCC[C@H](C(=O)N[C@H]4CCCc5ccccc54)C3)sc2c1. The molecular formula is C25H29N3OS. The molecular weight excluding hydrogens is 390 g/mol. The lowest BCUT2D eigenvalue weighted by atomic mass is 9.87. The maximum Gasteiger partial charge on any atom is 0.225 e. The lowest BCUT2D eigenvalue weighted by Crippen LogP contribution is -2.44. The van der Waals surface area contributed by atoms with E-state index in [0.29, 0.717) is 0 Å². The van der Waals surface area contributed by atoms with Crippen molar-refractivity contribution in [1.82, 2.24) is 10.3 Å². The van der Waals surface area contributed by atoms with Crippen LogP contribution in [-0.4, -0.2) is 24.0 Å². The molecule has 0 bridgehead atoms. The van der Waals surface area contributed by atoms with E-state index >= 15 is 0 Å². The lowest BCUT2D eigenvalue weighted by Gasteiger charge is -2.33. The number of anilines is 1. The summed E-state index contributed by atoms with van der Waals surface area (Å²) in [5.74, 6) is 0.234. The molecule has 1 amide bonds. The molecule has 5 rings (SSSR count). The molecule has 2 heterocycles. The van der Waals surface area contributed by atoms with Crippen molar-refractivity contribution in [3.8, 4) is 0 Å². The van der Waals surface area contributed by atoms with Crippen molar-refractivity contribution in [3.63, 3.8) is 0 Å². The normalized spacial score (nSPS) is 21.5. The summed E-state index contributed by atoms with van der Waals surface area (Å²) in [7, 11) is 0. The number of hydrogen-bond donors (Lipinski definition) is 1. The molecule has 2 aromatic carbocycles. The van der Waals surface area contributed by atoms with Crippen LogP contribution in [0, 0.1) is 19.8 Å². The molecule has 0 radical (unpaired) electrons. The zero-order valence-corrected chi connectivity index (χ0v) is 18.6. The van der Waals surface area contributed by atoms with Crippen LogP contribution in [0.4, 0.5) is 5.13 Å². The van der Waals surface area contributed by atoms with Crippen LogP contribution in [-0.2, 0) is 11.2 Å². The number of thiazole rings is 1. The minimum absolute atomic E-state index is 0.0303. The van der Waals surface area contributed by atoms with Crippen LogP contribution in [0.25, 0.3) is 10.2 Å². The largest absolute Gasteiger partial charge is 0.349 e. The second-order valence-corrected chi connectivity index (χ2v) is 9.87. The van der Waals surface area contributed by atoms with Crippen LogP contribution >= 0.6 is 11.3 Å². The Kier molecular flexibility index (Phi) is 5.23. The fourth-order valence-electron chi connectivity index (χ4n) is 5.05. The second kappa shape index (κ2) is 8.03. The predicted molar refractivity (Wildman–Crippen MR) is 124 cm³/mol. The molecule has 156 valence electrons. The summed E-state index contributed by atoms with van der Waals surface area (Å²) in [6.07, 6.45) is 5.29. The van der Waals surface area contributed by atoms with Gasteiger partial charge in [0.1, 0.15) is 0 Å². The third kappa shape index (κ3) is 3.71. The maximum atomic E-state index is 13.2. The first-order chi connectivity index (χ1) is 14.6. The molecule has 0 unspecified atom stereocenters. The van der Waals surface area contributed by atoms with Gasteiger partial charge in [0.25, 0.3) is 0 Å². The Bertz CT molecular complexity index is 1090. The third-order valence-corrected chi connectivity index (χ3v) is 7.63. The molecule has 1 aliphatic heterocycles. The molecule has 1 N–H and O–H groups in total. The molecule has 4 nitrogen and oxygen atoms in total. The molecule has 3 aromatic rings. The number of piperidine rings is 1. The van der Waals surface area contributed by atoms with Gasteiger partial charge >= 0.3 is 0 Å². The van der Waals surface area contributed by atoms with Crippen LogP contribution in [0.1, 0.15) is 54.0 Å². The monoisotopic (exact) mass is 419 g/mol. The molecule has 1 fully saturated rings. The smallest absolute Gasteiger partial charge is 0.225 e. The molecule has 30 heavy (non-hydrogen) atoms. The summed E-state index contributed by atoms with van der Waals surface area (Å²) in [6, 6.07) is 13.1. The number of nitrogens with zero attached hydrogens (tertiary/aromatic N) is 2. The van der Waals surface area contributed by atoms with E-state index in [1.807, 2.05) is 0 Å². The summed E-state index contributed by atoms with van der Waals surface area (Å²) < 4.78 is 1.24. The van der Waals surface area contributed by atoms with E-state index in [1.54, 1.807) is 11.3 Å². The van der Waals surface area contributed by atoms with E-state index in [0.717, 1.165) is 55.8 Å². The van der Waals surface area contributed by atoms with Gasteiger partial charge in [0.15, 0.2) is 5.13 Å². The lowest BCUT2D eigenvalue weighted by molar-refractivity contribution is -0.126. The van der Waals surface area contributed by atoms with E-state index in [4.69, 9.17) is 4.98 Å². The van der Waals surface area contributed by atoms with Crippen LogP contribution in [0.2, 0.25) is 0 Å². The second-order valence-electron chi connectivity index (χ2n) is 8.86. The van der Waals surface area contributed by atoms with Crippen molar-refractivity contribution in [3.05, 3.63) is 58.7 Å². The van der Waals surface area contributed by atoms with Gasteiger partial charge in [-0.15, -0.1) is 0 Å². The van der Waals surface area contributed by atoms with Gasteiger partial charge in [-0.05, 0) is 74.3 Å². The highest BCUT2D eigenvalue weighted by Gasteiger charge is 2.30. The Labute approximate surface area is 182 Å². The van der Waals surface area contributed by atoms with E-state index < -0.39 is 0 Å². The van der Waals surface area contributed by atoms with Gasteiger partial charge in [0, 0.05) is 13.1 Å². The molecule has 1 saturated heterocycles. The summed E-state index contributed by atoms with van der Waals surface area (Å²) in [5.41, 5.74) is 6.31. The number of carbonyl (C=O) groups excluding carboxylic acids is 1. The zero-order valence-electron chi connectivity index (χ0n) is 17.8. The standard InChI is InChI=1S/C25H29N3OS/c1-16-13-17(2)23-22(14-16)30-25(27-23)28-12-6-9-19(15-28)24(29)26-21-11-5-8-18-7-3-4-10-20(18)21/h3-4,7,10,13-14,19,21H,5-6,8-9,11-12,15H2,1-2H3,(H,26,29)/t19-,21-/m0/s1. The van der Waals surface area contributed by atoms with E-state index in [-0.39, 0.29) is 17.9 Å². The van der Waals surface area contributed by atoms with E-state index in [9.17, 15) is 4.79 Å². The summed E-state index contributed by atoms with van der Waals surface area (Å²) in [6.45, 7) is 6.01. The Morgan fingerprint density at radius 3 is 2.93 bits per heavy atom. The van der Waals surface area contributed by atoms with Crippen molar-refractivity contribution < 1.29 is 4.79 Å². The first-order valence-corrected chi connectivity index (χ1v) is 11.9. The van der Waals surface area contributed by atoms with Gasteiger partial charge in [-0.1, -0.05) is 41.7 Å². The quantitative estimate of drug-likeness (QED) is 0.625. The average molecular weight is 420 g/mol. The molecule has 1 aromatic heterocycles. The summed E-state index contributed by atoms with van der Waals surface area (Å²) in [5, 5.41) is 4.43. The highest BCUT2D eigenvalue weighted by atomic mass is 32.1. The fourth-order valence-corrected chi connectivity index (χ4v) is 6.23. The fraction of sp³-hybridized carbons (Fsp3) is 0.440. The number of nitrogens with one attached hydrogen (secondary N) is 1. The average Bonchev–Trinajstić information content (AvgIpc) is 3.19. The van der Waals surface area contributed by atoms with Crippen molar-refractivity contribution in [2.24, 2.45) is 5.92 Å². The predicted octanol–water partition coefficient (Wildman–Crippen LogP) is 5.32. The Morgan fingerprint density at radius 2 is 2.03 bits per heavy atom. The minimum Gasteiger partial charge on any atom is -0.349 e. The Morgan fingerprint density at radius 1 is 1.17 bits per heavy atom. The maximum absolute atomic E-state index is 13.2. The topological polar surface area (TPSA) is 45.2 Å². The van der Waals surface area contributed by atoms with E-state index in [2.05, 4.69) is 60.5 Å². The first kappa shape index (κ1) is 19.6. The van der Waals surface area contributed by atoms with Gasteiger partial charge in [-0.2, -0.15) is 0 Å². The highest BCUT2D eigenvalue weighted by molar-refractivity contribution is 7.22. The highest BCUT2D eigenvalue weighted by Crippen LogP contribution is 2.34. The molecule has 0 saturated carbocycles. The number of aromatic nitrogens is 1. The van der Waals surface area contributed by atoms with Crippen LogP contribution < -0.4 is 10.2 Å². The zero-order chi connectivity index (χ0) is 20.7. The van der Waals surface area contributed by atoms with Crippen molar-refractivity contribution in [2.75, 3.05) is 18.0 Å². The number of hydrogen-bond acceptors (Lipinski definition) is 4. The molecule has 2 atom stereocenters. The van der Waals surface area contributed by atoms with Crippen molar-refractivity contribution >= 4 is 32.6 Å². The number of amides is 1. The minimum atomic E-state index is 0.0303. The first-order valence-electron chi connectivity index (χ1n) is 11.1. The molecule has 2 aliphatic rings. The Balaban J connectivity index is 1.31. The van der Waals surface area contributed by atoms with Gasteiger partial charge in [0.05, 0.1) is 22.2 Å². The van der Waals surface area contributed by atoms with Gasteiger partial charge in [0.2, 0.25) is 5.91 Å². The van der Waals surface area contributed by atoms with Crippen molar-refractivity contribution in [1.29, 1.82) is 0 Å². The van der Waals surface area contributed by atoms with Crippen molar-refractivity contribution in [2.45, 2.75) is 52.0 Å². The van der Waals surface area contributed by atoms with Crippen LogP contribution in [0.3, 0.4) is 0 Å². The van der Waals surface area contributed by atoms with Gasteiger partial charge in [-0.25, -0.2) is 4.98 Å². The van der Waals surface area contributed by atoms with Gasteiger partial charge in [-0.3, -0.25) is 4.79 Å². The number of aryl methyl sites for hydroxylation is 3. The number of fused-ring (bicyclic) bond motifs is 2. The van der Waals surface area contributed by atoms with E-state index in [1.165, 1.54) is 27.0 Å². The Hall–Kier alpha value is -2.40.